The van der Waals surface area contributed by atoms with Gasteiger partial charge in [0.1, 0.15) is 0 Å². The SMILES string of the molecule is CN=C(N)NCC1CCN(S(=O)(=O)C(F)(F)F)CC1.I. The van der Waals surface area contributed by atoms with Crippen LogP contribution in [-0.2, 0) is 10.0 Å². The zero-order chi connectivity index (χ0) is 14.7. The summed E-state index contributed by atoms with van der Waals surface area (Å²) < 4.78 is 59.9. The molecule has 1 rings (SSSR count). The van der Waals surface area contributed by atoms with Crippen LogP contribution in [0.15, 0.2) is 4.99 Å². The first kappa shape index (κ1) is 19.7. The van der Waals surface area contributed by atoms with Crippen LogP contribution < -0.4 is 11.1 Å². The zero-order valence-corrected chi connectivity index (χ0v) is 14.0. The summed E-state index contributed by atoms with van der Waals surface area (Å²) in [7, 11) is -3.68. The summed E-state index contributed by atoms with van der Waals surface area (Å²) in [5.41, 5.74) is 0.203. The number of nitrogens with two attached hydrogens (primary N) is 1. The Kier molecular flexibility index (Phi) is 7.52. The van der Waals surface area contributed by atoms with E-state index in [1.54, 1.807) is 0 Å². The molecule has 0 unspecified atom stereocenters. The van der Waals surface area contributed by atoms with E-state index in [4.69, 9.17) is 5.73 Å². The van der Waals surface area contributed by atoms with Gasteiger partial charge in [-0.05, 0) is 18.8 Å². The predicted octanol–water partition coefficient (Wildman–Crippen LogP) is 0.700. The highest BCUT2D eigenvalue weighted by molar-refractivity contribution is 14.0. The number of alkyl halides is 3. The van der Waals surface area contributed by atoms with Crippen molar-refractivity contribution in [1.82, 2.24) is 9.62 Å². The Hall–Kier alpha value is -0.300. The molecule has 0 saturated carbocycles. The number of hydrogen-bond donors (Lipinski definition) is 2. The van der Waals surface area contributed by atoms with Gasteiger partial charge in [0.2, 0.25) is 0 Å². The van der Waals surface area contributed by atoms with Crippen molar-refractivity contribution in [3.8, 4) is 0 Å². The topological polar surface area (TPSA) is 87.8 Å². The second kappa shape index (κ2) is 7.64. The quantitative estimate of drug-likeness (QED) is 0.392. The van der Waals surface area contributed by atoms with Crippen molar-refractivity contribution < 1.29 is 21.6 Å². The highest BCUT2D eigenvalue weighted by Crippen LogP contribution is 2.30. The highest BCUT2D eigenvalue weighted by atomic mass is 127. The molecule has 0 aromatic carbocycles. The lowest BCUT2D eigenvalue weighted by Crippen LogP contribution is -2.46. The smallest absolute Gasteiger partial charge is 0.370 e. The fourth-order valence-electron chi connectivity index (χ4n) is 1.83. The Morgan fingerprint density at radius 2 is 1.90 bits per heavy atom. The monoisotopic (exact) mass is 430 g/mol. The lowest BCUT2D eigenvalue weighted by atomic mass is 9.98. The summed E-state index contributed by atoms with van der Waals surface area (Å²) >= 11 is 0. The minimum atomic E-state index is -5.22. The fourth-order valence-corrected chi connectivity index (χ4v) is 2.81. The molecule has 0 aromatic heterocycles. The van der Waals surface area contributed by atoms with Crippen molar-refractivity contribution in [1.29, 1.82) is 0 Å². The standard InChI is InChI=1S/C9H17F3N4O2S.HI/c1-14-8(13)15-6-7-2-4-16(5-3-7)19(17,18)9(10,11)12;/h7H,2-6H2,1H3,(H3,13,14,15);1H. The maximum atomic E-state index is 12.3. The van der Waals surface area contributed by atoms with Gasteiger partial charge >= 0.3 is 15.5 Å². The molecular weight excluding hydrogens is 412 g/mol. The molecule has 0 atom stereocenters. The number of guanidine groups is 1. The maximum absolute atomic E-state index is 12.3. The van der Waals surface area contributed by atoms with Crippen molar-refractivity contribution in [2.24, 2.45) is 16.6 Å². The Morgan fingerprint density at radius 3 is 2.30 bits per heavy atom. The molecule has 1 heterocycles. The van der Waals surface area contributed by atoms with Gasteiger partial charge in [-0.1, -0.05) is 0 Å². The van der Waals surface area contributed by atoms with E-state index < -0.39 is 15.5 Å². The van der Waals surface area contributed by atoms with Crippen molar-refractivity contribution in [3.05, 3.63) is 0 Å². The van der Waals surface area contributed by atoms with Crippen molar-refractivity contribution in [2.45, 2.75) is 18.3 Å². The molecule has 0 aromatic rings. The van der Waals surface area contributed by atoms with E-state index in [-0.39, 0.29) is 48.9 Å². The van der Waals surface area contributed by atoms with Gasteiger partial charge in [-0.3, -0.25) is 4.99 Å². The Bertz CT molecular complexity index is 433. The van der Waals surface area contributed by atoms with Crippen LogP contribution >= 0.6 is 24.0 Å². The van der Waals surface area contributed by atoms with Gasteiger partial charge in [0.25, 0.3) is 0 Å². The van der Waals surface area contributed by atoms with Crippen LogP contribution in [0.25, 0.3) is 0 Å². The van der Waals surface area contributed by atoms with Crippen LogP contribution in [-0.4, -0.2) is 50.9 Å². The Balaban J connectivity index is 0.00000361. The van der Waals surface area contributed by atoms with Crippen LogP contribution in [0.4, 0.5) is 13.2 Å². The molecule has 1 aliphatic heterocycles. The number of hydrogen-bond acceptors (Lipinski definition) is 3. The van der Waals surface area contributed by atoms with E-state index in [0.717, 1.165) is 0 Å². The minimum Gasteiger partial charge on any atom is -0.370 e. The largest absolute Gasteiger partial charge is 0.511 e. The number of sulfonamides is 1. The Labute approximate surface area is 133 Å². The first-order valence-electron chi connectivity index (χ1n) is 5.71. The van der Waals surface area contributed by atoms with Gasteiger partial charge in [0.15, 0.2) is 5.96 Å². The predicted molar refractivity (Wildman–Crippen MR) is 80.2 cm³/mol. The zero-order valence-electron chi connectivity index (χ0n) is 10.9. The molecule has 0 amide bonds. The number of rotatable bonds is 3. The third-order valence-corrected chi connectivity index (χ3v) is 4.65. The van der Waals surface area contributed by atoms with E-state index in [1.807, 2.05) is 0 Å². The molecular formula is C9H18F3IN4O2S. The van der Waals surface area contributed by atoms with Crippen LogP contribution in [0.1, 0.15) is 12.8 Å². The van der Waals surface area contributed by atoms with Crippen molar-refractivity contribution in [3.63, 3.8) is 0 Å². The van der Waals surface area contributed by atoms with Crippen LogP contribution in [0.5, 0.6) is 0 Å². The average molecular weight is 430 g/mol. The molecule has 0 radical (unpaired) electrons. The van der Waals surface area contributed by atoms with Crippen molar-refractivity contribution in [2.75, 3.05) is 26.7 Å². The van der Waals surface area contributed by atoms with E-state index in [9.17, 15) is 21.6 Å². The first-order valence-corrected chi connectivity index (χ1v) is 7.15. The lowest BCUT2D eigenvalue weighted by Gasteiger charge is -2.31. The van der Waals surface area contributed by atoms with Gasteiger partial charge in [0, 0.05) is 26.7 Å². The summed E-state index contributed by atoms with van der Waals surface area (Å²) in [6.45, 7) is 0.220. The highest BCUT2D eigenvalue weighted by Gasteiger charge is 2.50. The molecule has 1 fully saturated rings. The molecule has 0 aliphatic carbocycles. The first-order chi connectivity index (χ1) is 8.68. The van der Waals surface area contributed by atoms with Gasteiger partial charge < -0.3 is 11.1 Å². The normalized spacial score (nSPS) is 19.5. The van der Waals surface area contributed by atoms with E-state index in [0.29, 0.717) is 23.7 Å². The van der Waals surface area contributed by atoms with Crippen LogP contribution in [0.3, 0.4) is 0 Å². The van der Waals surface area contributed by atoms with Crippen LogP contribution in [0, 0.1) is 5.92 Å². The summed E-state index contributed by atoms with van der Waals surface area (Å²) in [5.74, 6) is 0.338. The van der Waals surface area contributed by atoms with E-state index in [1.165, 1.54) is 7.05 Å². The van der Waals surface area contributed by atoms with Gasteiger partial charge in [-0.25, -0.2) is 8.42 Å². The van der Waals surface area contributed by atoms with Crippen molar-refractivity contribution >= 4 is 40.0 Å². The number of nitrogens with one attached hydrogen (secondary N) is 1. The molecule has 3 N–H and O–H groups in total. The molecule has 120 valence electrons. The van der Waals surface area contributed by atoms with Gasteiger partial charge in [-0.2, -0.15) is 17.5 Å². The second-order valence-electron chi connectivity index (χ2n) is 4.28. The van der Waals surface area contributed by atoms with E-state index >= 15 is 0 Å². The summed E-state index contributed by atoms with van der Waals surface area (Å²) in [5, 5.41) is 2.82. The number of piperidine rings is 1. The van der Waals surface area contributed by atoms with E-state index in [2.05, 4.69) is 10.3 Å². The number of halogens is 4. The molecule has 6 nitrogen and oxygen atoms in total. The number of nitrogens with zero attached hydrogens (tertiary/aromatic N) is 2. The molecule has 20 heavy (non-hydrogen) atoms. The van der Waals surface area contributed by atoms with Gasteiger partial charge in [0.05, 0.1) is 0 Å². The fraction of sp³-hybridized carbons (Fsp3) is 0.889. The molecule has 0 bridgehead atoms. The molecule has 1 aliphatic rings. The third-order valence-electron chi connectivity index (χ3n) is 3.02. The summed E-state index contributed by atoms with van der Waals surface area (Å²) in [6, 6.07) is 0. The maximum Gasteiger partial charge on any atom is 0.511 e. The molecule has 0 spiro atoms. The number of aliphatic imine (C=N–C) groups is 1. The minimum absolute atomic E-state index is 0. The molecule has 1 saturated heterocycles. The summed E-state index contributed by atoms with van der Waals surface area (Å²) in [4.78, 5) is 3.69. The lowest BCUT2D eigenvalue weighted by molar-refractivity contribution is -0.0496. The van der Waals surface area contributed by atoms with Crippen LogP contribution in [0.2, 0.25) is 0 Å². The third kappa shape index (κ3) is 4.91. The Morgan fingerprint density at radius 1 is 1.40 bits per heavy atom. The average Bonchev–Trinajstić information content (AvgIpc) is 2.35. The summed E-state index contributed by atoms with van der Waals surface area (Å²) in [6.07, 6.45) is 0.721. The molecule has 11 heteroatoms. The van der Waals surface area contributed by atoms with Gasteiger partial charge in [-0.15, -0.1) is 24.0 Å². The second-order valence-corrected chi connectivity index (χ2v) is 6.21.